The van der Waals surface area contributed by atoms with Crippen molar-refractivity contribution in [2.24, 2.45) is 11.3 Å². The van der Waals surface area contributed by atoms with Crippen molar-refractivity contribution >= 4 is 11.6 Å². The molecule has 0 atom stereocenters. The molecule has 0 N–H and O–H groups in total. The van der Waals surface area contributed by atoms with Crippen molar-refractivity contribution < 1.29 is 9.59 Å². The van der Waals surface area contributed by atoms with Crippen molar-refractivity contribution in [2.45, 2.75) is 79.6 Å². The highest BCUT2D eigenvalue weighted by molar-refractivity contribution is 5.83. The van der Waals surface area contributed by atoms with E-state index in [0.717, 1.165) is 32.1 Å². The first kappa shape index (κ1) is 17.3. The molecule has 0 aromatic carbocycles. The van der Waals surface area contributed by atoms with Gasteiger partial charge in [0.1, 0.15) is 11.6 Å². The van der Waals surface area contributed by atoms with Gasteiger partial charge in [-0.3, -0.25) is 9.59 Å². The molecule has 0 spiro atoms. The number of hydrogen-bond acceptors (Lipinski definition) is 2. The molecular weight excluding hydrogens is 224 g/mol. The second-order valence-corrected chi connectivity index (χ2v) is 6.71. The van der Waals surface area contributed by atoms with Gasteiger partial charge in [-0.15, -0.1) is 0 Å². The van der Waals surface area contributed by atoms with Gasteiger partial charge < -0.3 is 0 Å². The summed E-state index contributed by atoms with van der Waals surface area (Å²) in [6.45, 7) is 10.2. The lowest BCUT2D eigenvalue weighted by molar-refractivity contribution is -0.126. The minimum absolute atomic E-state index is 0.215. The summed E-state index contributed by atoms with van der Waals surface area (Å²) in [6, 6.07) is 0. The maximum Gasteiger partial charge on any atom is 0.138 e. The van der Waals surface area contributed by atoms with Gasteiger partial charge in [-0.1, -0.05) is 41.0 Å². The van der Waals surface area contributed by atoms with E-state index in [0.29, 0.717) is 30.3 Å². The molecule has 0 heterocycles. The van der Waals surface area contributed by atoms with Crippen molar-refractivity contribution in [3.8, 4) is 0 Å². The lowest BCUT2D eigenvalue weighted by Gasteiger charge is -2.16. The Balaban J connectivity index is 3.51. The van der Waals surface area contributed by atoms with Crippen molar-refractivity contribution in [1.29, 1.82) is 0 Å². The summed E-state index contributed by atoms with van der Waals surface area (Å²) in [5.74, 6) is 1.32. The van der Waals surface area contributed by atoms with Crippen LogP contribution in [0, 0.1) is 11.3 Å². The van der Waals surface area contributed by atoms with Crippen LogP contribution in [0.4, 0.5) is 0 Å². The molecule has 106 valence electrons. The average Bonchev–Trinajstić information content (AvgIpc) is 2.24. The molecule has 0 aliphatic rings. The predicted octanol–water partition coefficient (Wildman–Crippen LogP) is 4.56. The fourth-order valence-electron chi connectivity index (χ4n) is 1.73. The Morgan fingerprint density at radius 2 is 1.44 bits per heavy atom. The Kier molecular flexibility index (Phi) is 8.13. The van der Waals surface area contributed by atoms with Gasteiger partial charge in [0.2, 0.25) is 0 Å². The number of carbonyl (C=O) groups excluding carboxylic acids is 2. The summed E-state index contributed by atoms with van der Waals surface area (Å²) < 4.78 is 0. The molecule has 0 aliphatic carbocycles. The highest BCUT2D eigenvalue weighted by Gasteiger charge is 2.19. The van der Waals surface area contributed by atoms with Gasteiger partial charge in [0.15, 0.2) is 0 Å². The van der Waals surface area contributed by atoms with E-state index < -0.39 is 0 Å². The van der Waals surface area contributed by atoms with Gasteiger partial charge in [0.05, 0.1) is 0 Å². The highest BCUT2D eigenvalue weighted by atomic mass is 16.1. The quantitative estimate of drug-likeness (QED) is 0.565. The molecule has 2 heteroatoms. The Morgan fingerprint density at radius 1 is 0.889 bits per heavy atom. The lowest BCUT2D eigenvalue weighted by Crippen LogP contribution is -2.19. The van der Waals surface area contributed by atoms with Crippen LogP contribution in [0.15, 0.2) is 0 Å². The first-order chi connectivity index (χ1) is 8.23. The van der Waals surface area contributed by atoms with E-state index in [1.807, 2.05) is 20.8 Å². The van der Waals surface area contributed by atoms with Gasteiger partial charge in [-0.05, 0) is 25.2 Å². The third-order valence-corrected chi connectivity index (χ3v) is 3.20. The number of hydrogen-bond donors (Lipinski definition) is 0. The van der Waals surface area contributed by atoms with Crippen LogP contribution < -0.4 is 0 Å². The molecule has 18 heavy (non-hydrogen) atoms. The third-order valence-electron chi connectivity index (χ3n) is 3.20. The highest BCUT2D eigenvalue weighted by Crippen LogP contribution is 2.19. The largest absolute Gasteiger partial charge is 0.300 e. The normalized spacial score (nSPS) is 11.9. The first-order valence-corrected chi connectivity index (χ1v) is 7.28. The minimum atomic E-state index is -0.215. The Morgan fingerprint density at radius 3 is 1.94 bits per heavy atom. The monoisotopic (exact) mass is 254 g/mol. The van der Waals surface area contributed by atoms with E-state index in [2.05, 4.69) is 13.8 Å². The second-order valence-electron chi connectivity index (χ2n) is 6.71. The van der Waals surface area contributed by atoms with Gasteiger partial charge in [-0.25, -0.2) is 0 Å². The molecule has 0 bridgehead atoms. The van der Waals surface area contributed by atoms with Crippen LogP contribution in [0.2, 0.25) is 0 Å². The molecule has 0 amide bonds. The van der Waals surface area contributed by atoms with E-state index in [9.17, 15) is 9.59 Å². The summed E-state index contributed by atoms with van der Waals surface area (Å²) in [6.07, 6.45) is 5.93. The average molecular weight is 254 g/mol. The Hall–Kier alpha value is -0.660. The fourth-order valence-corrected chi connectivity index (χ4v) is 1.73. The van der Waals surface area contributed by atoms with Gasteiger partial charge in [-0.2, -0.15) is 0 Å². The van der Waals surface area contributed by atoms with Crippen LogP contribution in [0.5, 0.6) is 0 Å². The smallest absolute Gasteiger partial charge is 0.138 e. The molecule has 0 saturated heterocycles. The molecular formula is C16H30O2. The van der Waals surface area contributed by atoms with Crippen LogP contribution >= 0.6 is 0 Å². The molecule has 0 saturated carbocycles. The topological polar surface area (TPSA) is 34.1 Å². The molecule has 2 nitrogen and oxygen atoms in total. The number of Topliss-reactive ketones (excluding diaryl/α,β-unsaturated/α-hetero) is 2. The predicted molar refractivity (Wildman–Crippen MR) is 76.6 cm³/mol. The number of ketones is 2. The van der Waals surface area contributed by atoms with E-state index >= 15 is 0 Å². The maximum atomic E-state index is 11.7. The zero-order valence-electron chi connectivity index (χ0n) is 12.8. The molecule has 0 aromatic rings. The van der Waals surface area contributed by atoms with Crippen LogP contribution in [0.1, 0.15) is 79.6 Å². The van der Waals surface area contributed by atoms with Crippen molar-refractivity contribution in [3.05, 3.63) is 0 Å². The number of rotatable bonds is 9. The van der Waals surface area contributed by atoms with Crippen molar-refractivity contribution in [1.82, 2.24) is 0 Å². The van der Waals surface area contributed by atoms with Crippen LogP contribution in [-0.2, 0) is 9.59 Å². The van der Waals surface area contributed by atoms with Crippen LogP contribution in [0.3, 0.4) is 0 Å². The number of carbonyl (C=O) groups is 2. The number of unbranched alkanes of at least 4 members (excludes halogenated alkanes) is 2. The molecule has 0 aliphatic heterocycles. The summed E-state index contributed by atoms with van der Waals surface area (Å²) >= 11 is 0. The summed E-state index contributed by atoms with van der Waals surface area (Å²) in [7, 11) is 0. The summed E-state index contributed by atoms with van der Waals surface area (Å²) in [4.78, 5) is 23.2. The molecule has 0 unspecified atom stereocenters. The van der Waals surface area contributed by atoms with E-state index in [1.165, 1.54) is 0 Å². The zero-order chi connectivity index (χ0) is 14.2. The fraction of sp³-hybridized carbons (Fsp3) is 0.875. The summed E-state index contributed by atoms with van der Waals surface area (Å²) in [5, 5.41) is 0. The molecule has 0 fully saturated rings. The van der Waals surface area contributed by atoms with Gasteiger partial charge in [0, 0.05) is 24.7 Å². The van der Waals surface area contributed by atoms with Crippen LogP contribution in [-0.4, -0.2) is 11.6 Å². The van der Waals surface area contributed by atoms with Gasteiger partial charge in [0.25, 0.3) is 0 Å². The zero-order valence-corrected chi connectivity index (χ0v) is 12.8. The second kappa shape index (κ2) is 8.44. The van der Waals surface area contributed by atoms with Crippen molar-refractivity contribution in [3.63, 3.8) is 0 Å². The minimum Gasteiger partial charge on any atom is -0.300 e. The Bertz CT molecular complexity index is 259. The lowest BCUT2D eigenvalue weighted by atomic mass is 9.87. The standard InChI is InChI=1S/C16H30O2/c1-13(2)11-12-14(17)9-7-6-8-10-15(18)16(3,4)5/h13H,6-12H2,1-5H3. The maximum absolute atomic E-state index is 11.7. The van der Waals surface area contributed by atoms with Gasteiger partial charge >= 0.3 is 0 Å². The molecule has 0 radical (unpaired) electrons. The van der Waals surface area contributed by atoms with Crippen LogP contribution in [0.25, 0.3) is 0 Å². The van der Waals surface area contributed by atoms with E-state index in [1.54, 1.807) is 0 Å². The third kappa shape index (κ3) is 9.38. The first-order valence-electron chi connectivity index (χ1n) is 7.28. The summed E-state index contributed by atoms with van der Waals surface area (Å²) in [5.41, 5.74) is -0.215. The Labute approximate surface area is 113 Å². The van der Waals surface area contributed by atoms with Crippen molar-refractivity contribution in [2.75, 3.05) is 0 Å². The van der Waals surface area contributed by atoms with E-state index in [4.69, 9.17) is 0 Å². The molecule has 0 aromatic heterocycles. The molecule has 0 rings (SSSR count). The van der Waals surface area contributed by atoms with E-state index in [-0.39, 0.29) is 5.41 Å². The SMILES string of the molecule is CC(C)CCC(=O)CCCCCC(=O)C(C)(C)C.